The van der Waals surface area contributed by atoms with Crippen molar-refractivity contribution in [2.45, 2.75) is 15.5 Å². The molecular formula is C19H15BrN4O3S2. The van der Waals surface area contributed by atoms with Crippen molar-refractivity contribution in [1.29, 1.82) is 0 Å². The molecule has 1 heterocycles. The first-order valence-electron chi connectivity index (χ1n) is 8.44. The number of sulfonamides is 1. The molecule has 0 saturated heterocycles. The Kier molecular flexibility index (Phi) is 5.48. The fraction of sp³-hybridized carbons (Fsp3) is 0.0526. The van der Waals surface area contributed by atoms with Crippen LogP contribution >= 0.6 is 27.7 Å². The minimum absolute atomic E-state index is 0.0979. The van der Waals surface area contributed by atoms with Crippen LogP contribution in [0.25, 0.3) is 10.8 Å². The van der Waals surface area contributed by atoms with Gasteiger partial charge < -0.3 is 5.11 Å². The van der Waals surface area contributed by atoms with Gasteiger partial charge in [0.25, 0.3) is 10.0 Å². The summed E-state index contributed by atoms with van der Waals surface area (Å²) in [5.41, 5.74) is 1.11. The second kappa shape index (κ2) is 8.05. The van der Waals surface area contributed by atoms with E-state index in [1.807, 2.05) is 0 Å². The predicted octanol–water partition coefficient (Wildman–Crippen LogP) is 4.52. The van der Waals surface area contributed by atoms with Crippen LogP contribution in [-0.2, 0) is 15.8 Å². The highest BCUT2D eigenvalue weighted by atomic mass is 79.9. The summed E-state index contributed by atoms with van der Waals surface area (Å²) in [7, 11) is -3.80. The van der Waals surface area contributed by atoms with Crippen LogP contribution in [0, 0.1) is 0 Å². The van der Waals surface area contributed by atoms with Crippen LogP contribution in [0.1, 0.15) is 5.69 Å². The Morgan fingerprint density at radius 3 is 2.52 bits per heavy atom. The van der Waals surface area contributed by atoms with Crippen LogP contribution in [0.5, 0.6) is 5.75 Å². The SMILES string of the molecule is O=S(=O)(Nc1cc(SCc2cn[nH]n2)c(O)c2ccccc12)c1ccc(Br)cc1. The second-order valence-electron chi connectivity index (χ2n) is 6.13. The van der Waals surface area contributed by atoms with E-state index in [0.717, 1.165) is 10.2 Å². The van der Waals surface area contributed by atoms with Gasteiger partial charge in [-0.05, 0) is 30.3 Å². The number of aromatic nitrogens is 3. The molecule has 4 aromatic rings. The molecule has 7 nitrogen and oxygen atoms in total. The molecule has 0 aliphatic carbocycles. The third-order valence-corrected chi connectivity index (χ3v) is 7.16. The zero-order valence-corrected chi connectivity index (χ0v) is 18.1. The minimum Gasteiger partial charge on any atom is -0.506 e. The molecule has 0 radical (unpaired) electrons. The highest BCUT2D eigenvalue weighted by Crippen LogP contribution is 2.41. The molecule has 4 rings (SSSR count). The van der Waals surface area contributed by atoms with Gasteiger partial charge in [-0.15, -0.1) is 11.8 Å². The van der Waals surface area contributed by atoms with E-state index in [2.05, 4.69) is 36.1 Å². The number of aromatic amines is 1. The molecule has 0 bridgehead atoms. The standard InChI is InChI=1S/C19H15BrN4O3S2/c20-12-5-7-14(8-6-12)29(26,27)23-17-9-18(28-11-13-10-21-24-22-13)19(25)16-4-2-1-3-15(16)17/h1-10,23,25H,11H2,(H,21,22,24). The van der Waals surface area contributed by atoms with Gasteiger partial charge in [0.15, 0.2) is 0 Å². The summed E-state index contributed by atoms with van der Waals surface area (Å²) in [5, 5.41) is 22.2. The number of benzene rings is 3. The van der Waals surface area contributed by atoms with Gasteiger partial charge in [-0.25, -0.2) is 8.42 Å². The summed E-state index contributed by atoms with van der Waals surface area (Å²) < 4.78 is 29.2. The number of phenols is 1. The van der Waals surface area contributed by atoms with E-state index in [4.69, 9.17) is 0 Å². The van der Waals surface area contributed by atoms with Gasteiger partial charge in [0, 0.05) is 21.0 Å². The third-order valence-electron chi connectivity index (χ3n) is 4.19. The highest BCUT2D eigenvalue weighted by Gasteiger charge is 2.18. The third kappa shape index (κ3) is 4.24. The van der Waals surface area contributed by atoms with E-state index in [1.54, 1.807) is 48.7 Å². The zero-order chi connectivity index (χ0) is 20.4. The average Bonchev–Trinajstić information content (AvgIpc) is 3.23. The maximum atomic E-state index is 12.9. The summed E-state index contributed by atoms with van der Waals surface area (Å²) >= 11 is 4.65. The average molecular weight is 491 g/mol. The molecule has 0 fully saturated rings. The molecule has 0 aliphatic heterocycles. The number of nitrogens with one attached hydrogen (secondary N) is 2. The molecule has 0 spiro atoms. The Balaban J connectivity index is 1.74. The first-order chi connectivity index (χ1) is 13.9. The molecule has 0 aliphatic rings. The van der Waals surface area contributed by atoms with Crippen molar-refractivity contribution in [3.63, 3.8) is 0 Å². The maximum absolute atomic E-state index is 12.9. The summed E-state index contributed by atoms with van der Waals surface area (Å²) in [4.78, 5) is 0.690. The molecule has 10 heteroatoms. The molecule has 3 N–H and O–H groups in total. The smallest absolute Gasteiger partial charge is 0.261 e. The molecule has 0 saturated carbocycles. The second-order valence-corrected chi connectivity index (χ2v) is 9.74. The van der Waals surface area contributed by atoms with E-state index in [0.29, 0.717) is 27.1 Å². The lowest BCUT2D eigenvalue weighted by Gasteiger charge is -2.15. The number of hydrogen-bond acceptors (Lipinski definition) is 6. The van der Waals surface area contributed by atoms with Crippen molar-refractivity contribution in [3.05, 3.63) is 71.0 Å². The maximum Gasteiger partial charge on any atom is 0.261 e. The monoisotopic (exact) mass is 490 g/mol. The van der Waals surface area contributed by atoms with E-state index in [-0.39, 0.29) is 10.6 Å². The van der Waals surface area contributed by atoms with E-state index >= 15 is 0 Å². The summed E-state index contributed by atoms with van der Waals surface area (Å²) in [6, 6.07) is 15.1. The van der Waals surface area contributed by atoms with Crippen molar-refractivity contribution >= 4 is 54.2 Å². The lowest BCUT2D eigenvalue weighted by Crippen LogP contribution is -2.13. The molecule has 1 aromatic heterocycles. The van der Waals surface area contributed by atoms with Crippen molar-refractivity contribution in [2.75, 3.05) is 4.72 Å². The number of fused-ring (bicyclic) bond motifs is 1. The fourth-order valence-electron chi connectivity index (χ4n) is 2.79. The van der Waals surface area contributed by atoms with Crippen molar-refractivity contribution in [2.24, 2.45) is 0 Å². The van der Waals surface area contributed by atoms with Crippen LogP contribution in [0.15, 0.2) is 75.1 Å². The van der Waals surface area contributed by atoms with Crippen molar-refractivity contribution in [1.82, 2.24) is 15.4 Å². The van der Waals surface area contributed by atoms with Crippen LogP contribution in [0.4, 0.5) is 5.69 Å². The summed E-state index contributed by atoms with van der Waals surface area (Å²) in [6.45, 7) is 0. The highest BCUT2D eigenvalue weighted by molar-refractivity contribution is 9.10. The molecule has 29 heavy (non-hydrogen) atoms. The van der Waals surface area contributed by atoms with Gasteiger partial charge in [-0.3, -0.25) is 4.72 Å². The first-order valence-corrected chi connectivity index (χ1v) is 11.7. The number of anilines is 1. The zero-order valence-electron chi connectivity index (χ0n) is 14.8. The topological polar surface area (TPSA) is 108 Å². The normalized spacial score (nSPS) is 11.6. The number of nitrogens with zero attached hydrogens (tertiary/aromatic N) is 2. The molecule has 0 amide bonds. The number of H-pyrrole nitrogens is 1. The van der Waals surface area contributed by atoms with E-state index in [1.165, 1.54) is 23.9 Å². The Morgan fingerprint density at radius 1 is 1.10 bits per heavy atom. The van der Waals surface area contributed by atoms with Crippen LogP contribution < -0.4 is 4.72 Å². The molecule has 0 atom stereocenters. The summed E-state index contributed by atoms with van der Waals surface area (Å²) in [5.74, 6) is 0.571. The van der Waals surface area contributed by atoms with Gasteiger partial charge in [0.1, 0.15) is 5.75 Å². The van der Waals surface area contributed by atoms with Crippen molar-refractivity contribution < 1.29 is 13.5 Å². The van der Waals surface area contributed by atoms with Crippen molar-refractivity contribution in [3.8, 4) is 5.75 Å². The van der Waals surface area contributed by atoms with Crippen LogP contribution in [0.2, 0.25) is 0 Å². The molecule has 3 aromatic carbocycles. The Labute approximate surface area is 179 Å². The lowest BCUT2D eigenvalue weighted by molar-refractivity contribution is 0.469. The quantitative estimate of drug-likeness (QED) is 0.271. The number of aromatic hydroxyl groups is 1. The lowest BCUT2D eigenvalue weighted by atomic mass is 10.1. The van der Waals surface area contributed by atoms with Crippen LogP contribution in [-0.4, -0.2) is 28.9 Å². The predicted molar refractivity (Wildman–Crippen MR) is 117 cm³/mol. The number of halogens is 1. The largest absolute Gasteiger partial charge is 0.506 e. The van der Waals surface area contributed by atoms with Gasteiger partial charge in [0.2, 0.25) is 0 Å². The Morgan fingerprint density at radius 2 is 1.83 bits per heavy atom. The van der Waals surface area contributed by atoms with Gasteiger partial charge in [-0.1, -0.05) is 40.2 Å². The van der Waals surface area contributed by atoms with Gasteiger partial charge in [0.05, 0.1) is 27.4 Å². The minimum atomic E-state index is -3.80. The molecule has 0 unspecified atom stereocenters. The van der Waals surface area contributed by atoms with Gasteiger partial charge >= 0.3 is 0 Å². The Bertz CT molecular complexity index is 1260. The first kappa shape index (κ1) is 19.7. The number of rotatable bonds is 6. The van der Waals surface area contributed by atoms with E-state index < -0.39 is 10.0 Å². The molecule has 148 valence electrons. The van der Waals surface area contributed by atoms with E-state index in [9.17, 15) is 13.5 Å². The number of thioether (sulfide) groups is 1. The fourth-order valence-corrected chi connectivity index (χ4v) is 5.02. The number of phenolic OH excluding ortho intramolecular Hbond substituents is 1. The summed E-state index contributed by atoms with van der Waals surface area (Å²) in [6.07, 6.45) is 1.60. The van der Waals surface area contributed by atoms with Crippen LogP contribution in [0.3, 0.4) is 0 Å². The Hall–Kier alpha value is -2.56. The number of hydrogen-bond donors (Lipinski definition) is 3. The van der Waals surface area contributed by atoms with Gasteiger partial charge in [-0.2, -0.15) is 15.4 Å². The molecular weight excluding hydrogens is 476 g/mol.